The van der Waals surface area contributed by atoms with Gasteiger partial charge in [0.2, 0.25) is 0 Å². The number of aromatic nitrogens is 3. The number of aryl methyl sites for hydroxylation is 1. The third kappa shape index (κ3) is 6.72. The predicted molar refractivity (Wildman–Crippen MR) is 185 cm³/mol. The van der Waals surface area contributed by atoms with Crippen molar-refractivity contribution in [3.63, 3.8) is 0 Å². The number of halogens is 1. The van der Waals surface area contributed by atoms with Gasteiger partial charge in [-0.1, -0.05) is 23.7 Å². The maximum absolute atomic E-state index is 12.7. The first-order valence-electron chi connectivity index (χ1n) is 15.0. The summed E-state index contributed by atoms with van der Waals surface area (Å²) in [5.74, 6) is 2.81. The summed E-state index contributed by atoms with van der Waals surface area (Å²) < 4.78 is 23.3. The molecule has 3 aromatic carbocycles. The van der Waals surface area contributed by atoms with Crippen LogP contribution in [0.5, 0.6) is 11.5 Å². The van der Waals surface area contributed by atoms with Crippen molar-refractivity contribution in [2.45, 2.75) is 24.8 Å². The monoisotopic (exact) mass is 657 g/mol. The summed E-state index contributed by atoms with van der Waals surface area (Å²) >= 11 is 6.15. The van der Waals surface area contributed by atoms with Gasteiger partial charge < -0.3 is 30.0 Å². The Hall–Kier alpha value is -4.45. The Kier molecular flexibility index (Phi) is 9.53. The largest absolute Gasteiger partial charge is 0.497 e. The predicted octanol–water partition coefficient (Wildman–Crippen LogP) is 6.28. The second kappa shape index (κ2) is 13.9. The number of fused-ring (bicyclic) bond motifs is 3. The highest BCUT2D eigenvalue weighted by Crippen LogP contribution is 2.36. The van der Waals surface area contributed by atoms with Crippen LogP contribution >= 0.6 is 11.6 Å². The van der Waals surface area contributed by atoms with Gasteiger partial charge in [0.25, 0.3) is 0 Å². The SMILES string of the molecule is COc1ccc2nc([S@@](=O)Cc3ncc(C)c(OC)c3C)[nH]c2c1.Clc1ccc2c(c1)N=C(N1CCNCC1)c1ccccc1N2. The topological polar surface area (TPSA) is 117 Å². The molecule has 12 heteroatoms. The Balaban J connectivity index is 0.000000162. The standard InChI is InChI=1S/C17H17ClN4.C17H19N3O3S/c18-12-5-6-15-16(11-12)21-17(22-9-7-19-8-10-22)13-3-1-2-4-14(13)20-15;1-10-8-18-15(11(2)16(10)23-4)9-24(21)17-19-13-6-5-12(22-3)7-14(13)20-17/h1-6,11,19-20H,7-10H2;5-8H,9H2,1-4H3,(H,19,20)/t;24-/m.0/s1. The van der Waals surface area contributed by atoms with Crippen molar-refractivity contribution >= 4 is 56.3 Å². The van der Waals surface area contributed by atoms with E-state index in [1.807, 2.05) is 56.3 Å². The minimum atomic E-state index is -1.33. The third-order valence-corrected chi connectivity index (χ3v) is 9.34. The van der Waals surface area contributed by atoms with Gasteiger partial charge in [0.05, 0.1) is 58.9 Å². The van der Waals surface area contributed by atoms with Gasteiger partial charge in [-0.15, -0.1) is 0 Å². The summed E-state index contributed by atoms with van der Waals surface area (Å²) in [7, 11) is 1.91. The Labute approximate surface area is 275 Å². The Bertz CT molecular complexity index is 1940. The number of nitrogens with zero attached hydrogens (tertiary/aromatic N) is 4. The highest BCUT2D eigenvalue weighted by molar-refractivity contribution is 7.84. The molecular formula is C34H36ClN7O3S. The molecule has 0 unspecified atom stereocenters. The van der Waals surface area contributed by atoms with Gasteiger partial charge in [0.15, 0.2) is 5.16 Å². The zero-order valence-corrected chi connectivity index (χ0v) is 27.8. The molecule has 0 spiro atoms. The number of H-pyrrole nitrogens is 1. The third-order valence-electron chi connectivity index (χ3n) is 7.94. The van der Waals surface area contributed by atoms with Crippen molar-refractivity contribution in [3.05, 3.63) is 94.3 Å². The van der Waals surface area contributed by atoms with E-state index in [2.05, 4.69) is 48.7 Å². The average Bonchev–Trinajstić information content (AvgIpc) is 3.44. The molecule has 238 valence electrons. The van der Waals surface area contributed by atoms with Crippen molar-refractivity contribution in [1.82, 2.24) is 25.2 Å². The van der Waals surface area contributed by atoms with Gasteiger partial charge in [-0.25, -0.2) is 9.98 Å². The van der Waals surface area contributed by atoms with Crippen molar-refractivity contribution < 1.29 is 13.7 Å². The Morgan fingerprint density at radius 3 is 2.57 bits per heavy atom. The number of ether oxygens (including phenoxy) is 2. The van der Waals surface area contributed by atoms with E-state index in [0.717, 1.165) is 94.0 Å². The number of piperazine rings is 1. The number of rotatable bonds is 5. The molecule has 10 nitrogen and oxygen atoms in total. The lowest BCUT2D eigenvalue weighted by molar-refractivity contribution is 0.358. The number of amidine groups is 1. The van der Waals surface area contributed by atoms with Crippen molar-refractivity contribution in [2.75, 3.05) is 45.7 Å². The van der Waals surface area contributed by atoms with E-state index in [0.29, 0.717) is 10.2 Å². The molecule has 2 aliphatic heterocycles. The van der Waals surface area contributed by atoms with Gasteiger partial charge in [0.1, 0.15) is 17.3 Å². The molecular weight excluding hydrogens is 622 g/mol. The molecule has 5 aromatic rings. The van der Waals surface area contributed by atoms with E-state index in [1.165, 1.54) is 0 Å². The first-order valence-corrected chi connectivity index (χ1v) is 16.7. The van der Waals surface area contributed by atoms with E-state index in [1.54, 1.807) is 20.4 Å². The highest BCUT2D eigenvalue weighted by atomic mass is 35.5. The van der Waals surface area contributed by atoms with Gasteiger partial charge in [-0.05, 0) is 56.3 Å². The molecule has 7 rings (SSSR count). The fraction of sp³-hybridized carbons (Fsp3) is 0.265. The number of para-hydroxylation sites is 1. The Morgan fingerprint density at radius 2 is 1.78 bits per heavy atom. The number of nitrogens with one attached hydrogen (secondary N) is 3. The van der Waals surface area contributed by atoms with Crippen LogP contribution in [0.2, 0.25) is 5.02 Å². The number of hydrogen-bond donors (Lipinski definition) is 3. The van der Waals surface area contributed by atoms with E-state index < -0.39 is 10.8 Å². The molecule has 0 radical (unpaired) electrons. The fourth-order valence-corrected chi connectivity index (χ4v) is 6.80. The molecule has 4 heterocycles. The molecule has 1 fully saturated rings. The van der Waals surface area contributed by atoms with Gasteiger partial charge in [-0.2, -0.15) is 0 Å². The highest BCUT2D eigenvalue weighted by Gasteiger charge is 2.22. The van der Waals surface area contributed by atoms with Crippen molar-refractivity contribution in [1.29, 1.82) is 0 Å². The van der Waals surface area contributed by atoms with E-state index in [4.69, 9.17) is 26.1 Å². The van der Waals surface area contributed by atoms with E-state index in [-0.39, 0.29) is 5.75 Å². The van der Waals surface area contributed by atoms with Gasteiger partial charge in [-0.3, -0.25) is 9.19 Å². The number of benzene rings is 3. The van der Waals surface area contributed by atoms with Crippen molar-refractivity contribution in [3.8, 4) is 11.5 Å². The normalized spacial score (nSPS) is 14.5. The first kappa shape index (κ1) is 31.5. The van der Waals surface area contributed by atoms with Crippen LogP contribution in [0, 0.1) is 13.8 Å². The number of pyridine rings is 1. The lowest BCUT2D eigenvalue weighted by Gasteiger charge is -2.30. The molecule has 0 bridgehead atoms. The second-order valence-electron chi connectivity index (χ2n) is 11.0. The summed E-state index contributed by atoms with van der Waals surface area (Å²) in [6, 6.07) is 19.6. The number of anilines is 2. The molecule has 2 aromatic heterocycles. The quantitative estimate of drug-likeness (QED) is 0.202. The minimum Gasteiger partial charge on any atom is -0.497 e. The number of aromatic amines is 1. The summed E-state index contributed by atoms with van der Waals surface area (Å²) in [4.78, 5) is 19.2. The van der Waals surface area contributed by atoms with Crippen LogP contribution in [0.3, 0.4) is 0 Å². The molecule has 1 atom stereocenters. The number of hydrogen-bond acceptors (Lipinski definition) is 9. The summed E-state index contributed by atoms with van der Waals surface area (Å²) in [5, 5.41) is 8.01. The van der Waals surface area contributed by atoms with Crippen molar-refractivity contribution in [2.24, 2.45) is 4.99 Å². The average molecular weight is 658 g/mol. The molecule has 0 saturated carbocycles. The van der Waals surface area contributed by atoms with Crippen LogP contribution in [0.15, 0.2) is 77.0 Å². The minimum absolute atomic E-state index is 0.277. The lowest BCUT2D eigenvalue weighted by atomic mass is 10.1. The number of imidazole rings is 1. The fourth-order valence-electron chi connectivity index (χ4n) is 5.54. The molecule has 0 aliphatic carbocycles. The maximum Gasteiger partial charge on any atom is 0.197 e. The number of aliphatic imine (C=N–C) groups is 1. The van der Waals surface area contributed by atoms with Crippen LogP contribution < -0.4 is 20.1 Å². The first-order chi connectivity index (χ1) is 22.3. The zero-order valence-electron chi connectivity index (χ0n) is 26.2. The Morgan fingerprint density at radius 1 is 0.978 bits per heavy atom. The zero-order chi connectivity index (χ0) is 32.2. The number of methoxy groups -OCH3 is 2. The van der Waals surface area contributed by atoms with Crippen LogP contribution in [0.25, 0.3) is 11.0 Å². The van der Waals surface area contributed by atoms with Crippen LogP contribution in [0.1, 0.15) is 22.4 Å². The summed E-state index contributed by atoms with van der Waals surface area (Å²) in [6.45, 7) is 7.75. The molecule has 2 aliphatic rings. The van der Waals surface area contributed by atoms with Crippen LogP contribution in [-0.4, -0.2) is 70.3 Å². The lowest BCUT2D eigenvalue weighted by Crippen LogP contribution is -2.46. The smallest absolute Gasteiger partial charge is 0.197 e. The van der Waals surface area contributed by atoms with Gasteiger partial charge >= 0.3 is 0 Å². The molecule has 46 heavy (non-hydrogen) atoms. The van der Waals surface area contributed by atoms with E-state index >= 15 is 0 Å². The van der Waals surface area contributed by atoms with Crippen LogP contribution in [-0.2, 0) is 16.6 Å². The maximum atomic E-state index is 12.7. The summed E-state index contributed by atoms with van der Waals surface area (Å²) in [6.07, 6.45) is 1.74. The molecule has 0 amide bonds. The molecule has 3 N–H and O–H groups in total. The second-order valence-corrected chi connectivity index (χ2v) is 12.8. The van der Waals surface area contributed by atoms with Gasteiger partial charge in [0, 0.05) is 65.8 Å². The summed E-state index contributed by atoms with van der Waals surface area (Å²) in [5.41, 5.74) is 8.25. The van der Waals surface area contributed by atoms with Crippen LogP contribution in [0.4, 0.5) is 17.1 Å². The molecule has 1 saturated heterocycles. The van der Waals surface area contributed by atoms with E-state index in [9.17, 15) is 4.21 Å².